The molecule has 1 N–H and O–H groups in total. The first-order valence-electron chi connectivity index (χ1n) is 6.51. The molecule has 4 heteroatoms. The minimum Gasteiger partial charge on any atom is -0.376 e. The van der Waals surface area contributed by atoms with Crippen molar-refractivity contribution < 1.29 is 0 Å². The number of halogens is 1. The van der Waals surface area contributed by atoms with Gasteiger partial charge < -0.3 is 5.32 Å². The molecule has 2 nitrogen and oxygen atoms in total. The summed E-state index contributed by atoms with van der Waals surface area (Å²) in [7, 11) is 0. The van der Waals surface area contributed by atoms with Crippen LogP contribution in [0.5, 0.6) is 0 Å². The van der Waals surface area contributed by atoms with E-state index in [1.165, 1.54) is 19.5 Å². The molecule has 0 saturated heterocycles. The molecule has 0 aliphatic carbocycles. The zero-order chi connectivity index (χ0) is 14.1. The average Bonchev–Trinajstić information content (AvgIpc) is 2.86. The molecular formula is C16H15IN2S. The van der Waals surface area contributed by atoms with Gasteiger partial charge >= 0.3 is 0 Å². The fourth-order valence-electron chi connectivity index (χ4n) is 2.16. The van der Waals surface area contributed by atoms with Crippen LogP contribution in [0, 0.1) is 10.5 Å². The zero-order valence-electron chi connectivity index (χ0n) is 11.4. The minimum atomic E-state index is 0.214. The van der Waals surface area contributed by atoms with Crippen LogP contribution in [0.25, 0.3) is 10.2 Å². The van der Waals surface area contributed by atoms with Gasteiger partial charge in [0.25, 0.3) is 0 Å². The van der Waals surface area contributed by atoms with Crippen LogP contribution in [0.4, 0.5) is 5.69 Å². The van der Waals surface area contributed by atoms with Crippen LogP contribution in [0.15, 0.2) is 42.5 Å². The number of fused-ring (bicyclic) bond motifs is 1. The van der Waals surface area contributed by atoms with Gasteiger partial charge in [0.15, 0.2) is 0 Å². The molecule has 3 rings (SSSR count). The van der Waals surface area contributed by atoms with Gasteiger partial charge in [0.1, 0.15) is 5.01 Å². The molecule has 0 bridgehead atoms. The number of hydrogen-bond acceptors (Lipinski definition) is 3. The second-order valence-electron chi connectivity index (χ2n) is 4.85. The lowest BCUT2D eigenvalue weighted by Gasteiger charge is -2.15. The maximum atomic E-state index is 4.71. The maximum Gasteiger partial charge on any atom is 0.116 e. The summed E-state index contributed by atoms with van der Waals surface area (Å²) < 4.78 is 2.51. The van der Waals surface area contributed by atoms with E-state index in [0.717, 1.165) is 10.5 Å². The van der Waals surface area contributed by atoms with E-state index in [9.17, 15) is 0 Å². The second-order valence-corrected chi connectivity index (χ2v) is 7.15. The summed E-state index contributed by atoms with van der Waals surface area (Å²) in [5.41, 5.74) is 3.53. The lowest BCUT2D eigenvalue weighted by atomic mass is 10.2. The number of nitrogens with one attached hydrogen (secondary N) is 1. The van der Waals surface area contributed by atoms with Crippen LogP contribution in [-0.4, -0.2) is 4.98 Å². The molecule has 1 atom stereocenters. The summed E-state index contributed by atoms with van der Waals surface area (Å²) >= 11 is 4.10. The number of anilines is 1. The normalized spacial score (nSPS) is 12.6. The first kappa shape index (κ1) is 13.8. The number of hydrogen-bond donors (Lipinski definition) is 1. The quantitative estimate of drug-likeness (QED) is 0.603. The summed E-state index contributed by atoms with van der Waals surface area (Å²) in [4.78, 5) is 4.71. The third-order valence-corrected chi connectivity index (χ3v) is 5.13. The number of aromatic nitrogens is 1. The number of nitrogens with zero attached hydrogens (tertiary/aromatic N) is 1. The summed E-state index contributed by atoms with van der Waals surface area (Å²) in [6.07, 6.45) is 0. The van der Waals surface area contributed by atoms with Gasteiger partial charge in [0.05, 0.1) is 16.3 Å². The Labute approximate surface area is 136 Å². The molecular weight excluding hydrogens is 379 g/mol. The fourth-order valence-corrected chi connectivity index (χ4v) is 3.78. The van der Waals surface area contributed by atoms with Crippen LogP contribution in [0.2, 0.25) is 0 Å². The van der Waals surface area contributed by atoms with Gasteiger partial charge in [-0.25, -0.2) is 4.98 Å². The molecule has 0 fully saturated rings. The van der Waals surface area contributed by atoms with E-state index in [1.54, 1.807) is 11.3 Å². The lowest BCUT2D eigenvalue weighted by molar-refractivity contribution is 0.872. The van der Waals surface area contributed by atoms with E-state index in [2.05, 4.69) is 78.2 Å². The Kier molecular flexibility index (Phi) is 3.94. The van der Waals surface area contributed by atoms with E-state index in [1.807, 2.05) is 6.07 Å². The van der Waals surface area contributed by atoms with Crippen molar-refractivity contribution in [3.05, 3.63) is 56.6 Å². The van der Waals surface area contributed by atoms with E-state index >= 15 is 0 Å². The highest BCUT2D eigenvalue weighted by Crippen LogP contribution is 2.29. The van der Waals surface area contributed by atoms with Crippen molar-refractivity contribution >= 4 is 49.8 Å². The van der Waals surface area contributed by atoms with Gasteiger partial charge in [-0.2, -0.15) is 0 Å². The van der Waals surface area contributed by atoms with Crippen LogP contribution >= 0.6 is 33.9 Å². The molecule has 1 heterocycles. The molecule has 0 aliphatic rings. The largest absolute Gasteiger partial charge is 0.376 e. The first-order chi connectivity index (χ1) is 9.63. The molecule has 20 heavy (non-hydrogen) atoms. The summed E-state index contributed by atoms with van der Waals surface area (Å²) in [6.45, 7) is 4.30. The Morgan fingerprint density at radius 1 is 1.20 bits per heavy atom. The second kappa shape index (κ2) is 5.69. The van der Waals surface area contributed by atoms with Crippen molar-refractivity contribution in [2.24, 2.45) is 0 Å². The number of rotatable bonds is 3. The van der Waals surface area contributed by atoms with Gasteiger partial charge in [-0.3, -0.25) is 0 Å². The zero-order valence-corrected chi connectivity index (χ0v) is 14.3. The van der Waals surface area contributed by atoms with Gasteiger partial charge in [0.2, 0.25) is 0 Å². The van der Waals surface area contributed by atoms with Gasteiger partial charge in [-0.1, -0.05) is 12.1 Å². The molecule has 0 radical (unpaired) electrons. The molecule has 3 aromatic rings. The Bertz CT molecular complexity index is 718. The molecule has 0 amide bonds. The number of aryl methyl sites for hydroxylation is 1. The Balaban J connectivity index is 1.86. The summed E-state index contributed by atoms with van der Waals surface area (Å²) in [5.74, 6) is 0. The summed E-state index contributed by atoms with van der Waals surface area (Å²) in [5, 5.41) is 4.69. The Hall–Kier alpha value is -1.14. The topological polar surface area (TPSA) is 24.9 Å². The minimum absolute atomic E-state index is 0.214. The van der Waals surface area contributed by atoms with Crippen molar-refractivity contribution in [2.75, 3.05) is 5.32 Å². The van der Waals surface area contributed by atoms with E-state index in [0.29, 0.717) is 0 Å². The van der Waals surface area contributed by atoms with Gasteiger partial charge in [-0.15, -0.1) is 11.3 Å². The highest BCUT2D eigenvalue weighted by Gasteiger charge is 2.12. The third kappa shape index (κ3) is 2.81. The molecule has 1 unspecified atom stereocenters. The predicted octanol–water partition coefficient (Wildman–Crippen LogP) is 5.38. The van der Waals surface area contributed by atoms with E-state index in [4.69, 9.17) is 4.98 Å². The Morgan fingerprint density at radius 2 is 2.00 bits per heavy atom. The maximum absolute atomic E-state index is 4.71. The highest BCUT2D eigenvalue weighted by molar-refractivity contribution is 14.1. The van der Waals surface area contributed by atoms with Crippen molar-refractivity contribution in [2.45, 2.75) is 19.9 Å². The van der Waals surface area contributed by atoms with Gasteiger partial charge in [-0.05, 0) is 72.3 Å². The van der Waals surface area contributed by atoms with Crippen molar-refractivity contribution in [3.63, 3.8) is 0 Å². The van der Waals surface area contributed by atoms with Crippen molar-refractivity contribution in [3.8, 4) is 0 Å². The van der Waals surface area contributed by atoms with Crippen LogP contribution in [0.1, 0.15) is 23.5 Å². The smallest absolute Gasteiger partial charge is 0.116 e. The molecule has 0 saturated carbocycles. The number of benzene rings is 2. The average molecular weight is 394 g/mol. The van der Waals surface area contributed by atoms with Crippen molar-refractivity contribution in [1.82, 2.24) is 4.98 Å². The van der Waals surface area contributed by atoms with Crippen LogP contribution in [0.3, 0.4) is 0 Å². The monoisotopic (exact) mass is 394 g/mol. The molecule has 0 spiro atoms. The Morgan fingerprint density at radius 3 is 2.75 bits per heavy atom. The van der Waals surface area contributed by atoms with Crippen LogP contribution in [-0.2, 0) is 0 Å². The highest BCUT2D eigenvalue weighted by atomic mass is 127. The standard InChI is InChI=1S/C16H15IN2S/c1-10-9-12(17)7-8-13(10)18-11(2)16-19-14-5-3-4-6-15(14)20-16/h3-9,11,18H,1-2H3. The van der Waals surface area contributed by atoms with Gasteiger partial charge in [0, 0.05) is 9.26 Å². The molecule has 2 aromatic carbocycles. The molecule has 102 valence electrons. The molecule has 0 aliphatic heterocycles. The van der Waals surface area contributed by atoms with E-state index < -0.39 is 0 Å². The SMILES string of the molecule is Cc1cc(I)ccc1NC(C)c1nc2ccccc2s1. The first-order valence-corrected chi connectivity index (χ1v) is 8.41. The van der Waals surface area contributed by atoms with E-state index in [-0.39, 0.29) is 6.04 Å². The molecule has 1 aromatic heterocycles. The fraction of sp³-hybridized carbons (Fsp3) is 0.188. The third-order valence-electron chi connectivity index (χ3n) is 3.24. The van der Waals surface area contributed by atoms with Crippen LogP contribution < -0.4 is 5.32 Å². The van der Waals surface area contributed by atoms with Crippen molar-refractivity contribution in [1.29, 1.82) is 0 Å². The predicted molar refractivity (Wildman–Crippen MR) is 95.6 cm³/mol. The number of thiazole rings is 1. The summed E-state index contributed by atoms with van der Waals surface area (Å²) in [6, 6.07) is 15.0. The number of para-hydroxylation sites is 1. The lowest BCUT2D eigenvalue weighted by Crippen LogP contribution is -2.07.